The highest BCUT2D eigenvalue weighted by atomic mass is 16.6. The molecule has 164 valence electrons. The maximum atomic E-state index is 11.9. The van der Waals surface area contributed by atoms with Crippen molar-refractivity contribution in [3.8, 4) is 0 Å². The van der Waals surface area contributed by atoms with Gasteiger partial charge in [-0.15, -0.1) is 0 Å². The zero-order valence-corrected chi connectivity index (χ0v) is 17.5. The quantitative estimate of drug-likeness (QED) is 0.548. The van der Waals surface area contributed by atoms with Crippen LogP contribution in [-0.4, -0.2) is 79.0 Å². The van der Waals surface area contributed by atoms with Crippen LogP contribution in [0.1, 0.15) is 60.3 Å². The summed E-state index contributed by atoms with van der Waals surface area (Å²) in [5.74, 6) is 0. The van der Waals surface area contributed by atoms with E-state index in [0.29, 0.717) is 25.2 Å². The minimum absolute atomic E-state index is 0. The number of likely N-dealkylation sites (tertiary alicyclic amines) is 2. The van der Waals surface area contributed by atoms with Crippen molar-refractivity contribution in [2.75, 3.05) is 39.3 Å². The van der Waals surface area contributed by atoms with Crippen molar-refractivity contribution in [1.29, 1.82) is 0 Å². The molecule has 28 heavy (non-hydrogen) atoms. The van der Waals surface area contributed by atoms with E-state index in [1.54, 1.807) is 0 Å². The molecule has 0 aromatic rings. The first-order valence-electron chi connectivity index (χ1n) is 10.4. The standard InChI is InChI=1S/C18H33N5O2.C2H6.CH4/c1-4-25-18(24)22-10-5-6-16(7-13-22)21-11-8-17(9-12-21)23(20-3)15(2)14-19;1-2;/h16-17H,2-14,19H2,1H3;1-2H3;1H4. The van der Waals surface area contributed by atoms with Crippen molar-refractivity contribution in [2.45, 2.75) is 72.4 Å². The van der Waals surface area contributed by atoms with Crippen LogP contribution in [0.15, 0.2) is 17.4 Å². The summed E-state index contributed by atoms with van der Waals surface area (Å²) < 4.78 is 5.14. The number of piperidine rings is 1. The first-order valence-corrected chi connectivity index (χ1v) is 10.4. The third-order valence-electron chi connectivity index (χ3n) is 5.30. The van der Waals surface area contributed by atoms with Crippen LogP contribution in [0, 0.1) is 0 Å². The fourth-order valence-electron chi connectivity index (χ4n) is 3.90. The van der Waals surface area contributed by atoms with Gasteiger partial charge in [0.15, 0.2) is 0 Å². The zero-order chi connectivity index (χ0) is 20.2. The molecule has 0 saturated carbocycles. The van der Waals surface area contributed by atoms with Gasteiger partial charge in [-0.3, -0.25) is 5.01 Å². The van der Waals surface area contributed by atoms with E-state index in [1.165, 1.54) is 0 Å². The molecule has 2 N–H and O–H groups in total. The Bertz CT molecular complexity index is 464. The first kappa shape index (κ1) is 26.4. The average molecular weight is 398 g/mol. The Balaban J connectivity index is 0.00000235. The van der Waals surface area contributed by atoms with Crippen LogP contribution in [-0.2, 0) is 4.74 Å². The molecule has 2 aliphatic rings. The molecule has 0 aromatic carbocycles. The van der Waals surface area contributed by atoms with Crippen LogP contribution in [0.4, 0.5) is 4.79 Å². The lowest BCUT2D eigenvalue weighted by Gasteiger charge is -2.40. The number of hydrogen-bond acceptors (Lipinski definition) is 6. The smallest absolute Gasteiger partial charge is 0.409 e. The van der Waals surface area contributed by atoms with Crippen molar-refractivity contribution in [2.24, 2.45) is 10.8 Å². The van der Waals surface area contributed by atoms with Gasteiger partial charge in [0.25, 0.3) is 0 Å². The van der Waals surface area contributed by atoms with Crippen molar-refractivity contribution in [3.05, 3.63) is 12.3 Å². The van der Waals surface area contributed by atoms with Gasteiger partial charge >= 0.3 is 6.09 Å². The van der Waals surface area contributed by atoms with E-state index >= 15 is 0 Å². The summed E-state index contributed by atoms with van der Waals surface area (Å²) in [6.07, 6.45) is 5.09. The largest absolute Gasteiger partial charge is 0.450 e. The molecule has 0 bridgehead atoms. The minimum Gasteiger partial charge on any atom is -0.450 e. The number of hydrogen-bond donors (Lipinski definition) is 1. The van der Waals surface area contributed by atoms with Crippen molar-refractivity contribution >= 4 is 12.8 Å². The Labute approximate surface area is 172 Å². The van der Waals surface area contributed by atoms with Crippen LogP contribution in [0.3, 0.4) is 0 Å². The van der Waals surface area contributed by atoms with Gasteiger partial charge in [0.05, 0.1) is 12.6 Å². The van der Waals surface area contributed by atoms with Gasteiger partial charge in [-0.2, -0.15) is 5.10 Å². The fraction of sp³-hybridized carbons (Fsp3) is 0.810. The van der Waals surface area contributed by atoms with Gasteiger partial charge in [0.2, 0.25) is 0 Å². The summed E-state index contributed by atoms with van der Waals surface area (Å²) in [5.41, 5.74) is 6.52. The minimum atomic E-state index is -0.171. The van der Waals surface area contributed by atoms with Crippen LogP contribution < -0.4 is 5.73 Å². The number of hydrazone groups is 1. The predicted octanol–water partition coefficient (Wildman–Crippen LogP) is 3.51. The summed E-state index contributed by atoms with van der Waals surface area (Å²) >= 11 is 0. The fourth-order valence-corrected chi connectivity index (χ4v) is 3.90. The molecule has 2 saturated heterocycles. The lowest BCUT2D eigenvalue weighted by atomic mass is 9.99. The van der Waals surface area contributed by atoms with E-state index in [0.717, 1.165) is 64.0 Å². The molecule has 2 aliphatic heterocycles. The van der Waals surface area contributed by atoms with E-state index in [-0.39, 0.29) is 13.5 Å². The van der Waals surface area contributed by atoms with E-state index in [1.807, 2.05) is 30.7 Å². The summed E-state index contributed by atoms with van der Waals surface area (Å²) in [6.45, 7) is 18.0. The van der Waals surface area contributed by atoms with Gasteiger partial charge in [-0.05, 0) is 39.0 Å². The SMILES string of the molecule is C.C=NN(C(=C)CN)C1CCN(C2CCCN(C(=O)OCC)CC2)CC1.CC. The Hall–Kier alpha value is -1.60. The van der Waals surface area contributed by atoms with Crippen LogP contribution in [0.25, 0.3) is 0 Å². The number of rotatable bonds is 6. The van der Waals surface area contributed by atoms with Gasteiger partial charge in [0, 0.05) is 51.2 Å². The van der Waals surface area contributed by atoms with E-state index in [9.17, 15) is 4.79 Å². The zero-order valence-electron chi connectivity index (χ0n) is 17.5. The lowest BCUT2D eigenvalue weighted by molar-refractivity contribution is 0.0913. The summed E-state index contributed by atoms with van der Waals surface area (Å²) in [7, 11) is 0. The number of amides is 1. The second-order valence-corrected chi connectivity index (χ2v) is 6.79. The molecule has 2 fully saturated rings. The second-order valence-electron chi connectivity index (χ2n) is 6.79. The number of carbonyl (C=O) groups excluding carboxylic acids is 1. The molecule has 0 radical (unpaired) electrons. The van der Waals surface area contributed by atoms with Crippen molar-refractivity contribution in [3.63, 3.8) is 0 Å². The molecule has 0 spiro atoms. The third kappa shape index (κ3) is 7.43. The van der Waals surface area contributed by atoms with Crippen LogP contribution in [0.2, 0.25) is 0 Å². The van der Waals surface area contributed by atoms with E-state index in [4.69, 9.17) is 10.5 Å². The molecule has 7 heteroatoms. The molecule has 1 atom stereocenters. The molecule has 0 aromatic heterocycles. The maximum absolute atomic E-state index is 11.9. The van der Waals surface area contributed by atoms with Crippen molar-refractivity contribution < 1.29 is 9.53 Å². The van der Waals surface area contributed by atoms with Crippen LogP contribution in [0.5, 0.6) is 0 Å². The molecule has 1 amide bonds. The Morgan fingerprint density at radius 3 is 2.36 bits per heavy atom. The summed E-state index contributed by atoms with van der Waals surface area (Å²) in [4.78, 5) is 16.3. The van der Waals surface area contributed by atoms with Gasteiger partial charge in [0.1, 0.15) is 0 Å². The predicted molar refractivity (Wildman–Crippen MR) is 118 cm³/mol. The van der Waals surface area contributed by atoms with Gasteiger partial charge < -0.3 is 20.3 Å². The van der Waals surface area contributed by atoms with E-state index < -0.39 is 0 Å². The van der Waals surface area contributed by atoms with Crippen LogP contribution >= 0.6 is 0 Å². The summed E-state index contributed by atoms with van der Waals surface area (Å²) in [6, 6.07) is 0.884. The molecular formula is C21H43N5O2. The highest BCUT2D eigenvalue weighted by molar-refractivity contribution is 5.67. The van der Waals surface area contributed by atoms with Gasteiger partial charge in [-0.1, -0.05) is 27.9 Å². The molecule has 0 aliphatic carbocycles. The van der Waals surface area contributed by atoms with Crippen molar-refractivity contribution in [1.82, 2.24) is 14.8 Å². The van der Waals surface area contributed by atoms with Gasteiger partial charge in [-0.25, -0.2) is 4.79 Å². The topological polar surface area (TPSA) is 74.4 Å². The lowest BCUT2D eigenvalue weighted by Crippen LogP contribution is -2.47. The maximum Gasteiger partial charge on any atom is 0.409 e. The number of carbonyl (C=O) groups is 1. The number of ether oxygens (including phenoxy) is 1. The molecular weight excluding hydrogens is 354 g/mol. The normalized spacial score (nSPS) is 20.7. The highest BCUT2D eigenvalue weighted by Crippen LogP contribution is 2.25. The van der Waals surface area contributed by atoms with E-state index in [2.05, 4.69) is 23.3 Å². The highest BCUT2D eigenvalue weighted by Gasteiger charge is 2.30. The third-order valence-corrected chi connectivity index (χ3v) is 5.30. The number of nitrogens with zero attached hydrogens (tertiary/aromatic N) is 4. The molecule has 2 heterocycles. The molecule has 1 unspecified atom stereocenters. The Morgan fingerprint density at radius 2 is 1.82 bits per heavy atom. The first-order chi connectivity index (χ1) is 13.1. The number of nitrogens with two attached hydrogens (primary N) is 1. The Kier molecular flexibility index (Phi) is 13.6. The molecule has 7 nitrogen and oxygen atoms in total. The Morgan fingerprint density at radius 1 is 1.18 bits per heavy atom. The second kappa shape index (κ2) is 14.4. The average Bonchev–Trinajstić information content (AvgIpc) is 2.97. The molecule has 2 rings (SSSR count). The summed E-state index contributed by atoms with van der Waals surface area (Å²) in [5, 5.41) is 6.00. The monoisotopic (exact) mass is 397 g/mol.